The number of hydrogen-bond donors (Lipinski definition) is 0. The van der Waals surface area contributed by atoms with E-state index in [1.54, 1.807) is 0 Å². The Morgan fingerprint density at radius 1 is 1.17 bits per heavy atom. The third kappa shape index (κ3) is 2.22. The molecule has 2 saturated heterocycles. The number of likely N-dealkylation sites (N-methyl/N-ethyl adjacent to an activating group) is 1. The summed E-state index contributed by atoms with van der Waals surface area (Å²) in [5.74, 6) is 0.531. The Labute approximate surface area is 111 Å². The van der Waals surface area contributed by atoms with Crippen molar-refractivity contribution in [3.8, 4) is 0 Å². The van der Waals surface area contributed by atoms with Crippen LogP contribution in [-0.2, 0) is 0 Å². The van der Waals surface area contributed by atoms with Crippen LogP contribution in [-0.4, -0.2) is 65.0 Å². The topological polar surface area (TPSA) is 26.8 Å². The summed E-state index contributed by atoms with van der Waals surface area (Å²) < 4.78 is 0. The number of likely N-dealkylation sites (tertiary alicyclic amines) is 1. The SMILES string of the molecule is CCN1CC(N2CC(C(C)C)N(C(C)C)C2=O)C1. The van der Waals surface area contributed by atoms with Gasteiger partial charge in [-0.25, -0.2) is 4.79 Å². The number of carbonyl (C=O) groups is 1. The van der Waals surface area contributed by atoms with Gasteiger partial charge >= 0.3 is 6.03 Å². The molecule has 2 fully saturated rings. The van der Waals surface area contributed by atoms with E-state index in [2.05, 4.69) is 49.3 Å². The molecule has 1 unspecified atom stereocenters. The fraction of sp³-hybridized carbons (Fsp3) is 0.929. The molecule has 2 amide bonds. The van der Waals surface area contributed by atoms with E-state index in [1.807, 2.05) is 0 Å². The van der Waals surface area contributed by atoms with Crippen molar-refractivity contribution in [3.63, 3.8) is 0 Å². The van der Waals surface area contributed by atoms with E-state index in [0.29, 0.717) is 24.0 Å². The van der Waals surface area contributed by atoms with Crippen LogP contribution in [0.2, 0.25) is 0 Å². The lowest BCUT2D eigenvalue weighted by molar-refractivity contribution is 0.0655. The lowest BCUT2D eigenvalue weighted by Gasteiger charge is -2.43. The van der Waals surface area contributed by atoms with Gasteiger partial charge in [-0.15, -0.1) is 0 Å². The van der Waals surface area contributed by atoms with Crippen molar-refractivity contribution in [2.24, 2.45) is 5.92 Å². The molecule has 0 spiro atoms. The average Bonchev–Trinajstić information content (AvgIpc) is 2.55. The largest absolute Gasteiger partial charge is 0.320 e. The summed E-state index contributed by atoms with van der Waals surface area (Å²) in [5, 5.41) is 0. The standard InChI is InChI=1S/C14H27N3O/c1-6-15-7-12(8-15)16-9-13(10(2)3)17(11(4)5)14(16)18/h10-13H,6-9H2,1-5H3. The van der Waals surface area contributed by atoms with E-state index in [9.17, 15) is 4.79 Å². The van der Waals surface area contributed by atoms with Crippen molar-refractivity contribution >= 4 is 6.03 Å². The molecule has 18 heavy (non-hydrogen) atoms. The summed E-state index contributed by atoms with van der Waals surface area (Å²) in [6, 6.07) is 1.39. The van der Waals surface area contributed by atoms with Gasteiger partial charge in [0.05, 0.1) is 12.1 Å². The van der Waals surface area contributed by atoms with Crippen LogP contribution >= 0.6 is 0 Å². The number of carbonyl (C=O) groups excluding carboxylic acids is 1. The first-order valence-electron chi connectivity index (χ1n) is 7.27. The third-order valence-electron chi connectivity index (χ3n) is 4.36. The average molecular weight is 253 g/mol. The third-order valence-corrected chi connectivity index (χ3v) is 4.36. The van der Waals surface area contributed by atoms with Crippen LogP contribution in [0.15, 0.2) is 0 Å². The maximum atomic E-state index is 12.5. The minimum atomic E-state index is 0.254. The molecule has 2 rings (SSSR count). The first-order chi connectivity index (χ1) is 8.45. The van der Waals surface area contributed by atoms with Gasteiger partial charge in [0, 0.05) is 25.7 Å². The molecule has 0 saturated carbocycles. The Bertz CT molecular complexity index is 310. The second-order valence-electron chi connectivity index (χ2n) is 6.25. The van der Waals surface area contributed by atoms with E-state index < -0.39 is 0 Å². The van der Waals surface area contributed by atoms with Crippen LogP contribution in [0.5, 0.6) is 0 Å². The summed E-state index contributed by atoms with van der Waals surface area (Å²) in [6.45, 7) is 15.0. The maximum absolute atomic E-state index is 12.5. The van der Waals surface area contributed by atoms with Gasteiger partial charge in [-0.05, 0) is 26.3 Å². The van der Waals surface area contributed by atoms with E-state index >= 15 is 0 Å². The van der Waals surface area contributed by atoms with Crippen LogP contribution < -0.4 is 0 Å². The molecule has 2 heterocycles. The highest BCUT2D eigenvalue weighted by atomic mass is 16.2. The number of amides is 2. The molecular formula is C14H27N3O. The normalized spacial score (nSPS) is 26.6. The predicted molar refractivity (Wildman–Crippen MR) is 73.6 cm³/mol. The van der Waals surface area contributed by atoms with Gasteiger partial charge in [0.25, 0.3) is 0 Å². The zero-order valence-corrected chi connectivity index (χ0v) is 12.4. The molecule has 104 valence electrons. The number of rotatable bonds is 4. The van der Waals surface area contributed by atoms with Crippen LogP contribution in [0.3, 0.4) is 0 Å². The van der Waals surface area contributed by atoms with E-state index in [4.69, 9.17) is 0 Å². The second-order valence-corrected chi connectivity index (χ2v) is 6.25. The molecule has 4 nitrogen and oxygen atoms in total. The summed E-state index contributed by atoms with van der Waals surface area (Å²) in [5.41, 5.74) is 0. The first kappa shape index (κ1) is 13.7. The minimum absolute atomic E-state index is 0.254. The summed E-state index contributed by atoms with van der Waals surface area (Å²) >= 11 is 0. The molecular weight excluding hydrogens is 226 g/mol. The van der Waals surface area contributed by atoms with Crippen LogP contribution in [0.1, 0.15) is 34.6 Å². The van der Waals surface area contributed by atoms with Crippen molar-refractivity contribution in [1.82, 2.24) is 14.7 Å². The van der Waals surface area contributed by atoms with Crippen LogP contribution in [0, 0.1) is 5.92 Å². The minimum Gasteiger partial charge on any atom is -0.317 e. The maximum Gasteiger partial charge on any atom is 0.320 e. The molecule has 0 aliphatic carbocycles. The number of urea groups is 1. The Hall–Kier alpha value is -0.770. The molecule has 0 aromatic heterocycles. The molecule has 0 N–H and O–H groups in total. The molecule has 0 bridgehead atoms. The second kappa shape index (κ2) is 5.08. The summed E-state index contributed by atoms with van der Waals surface area (Å²) in [6.07, 6.45) is 0. The van der Waals surface area contributed by atoms with Crippen molar-refractivity contribution < 1.29 is 4.79 Å². The number of hydrogen-bond acceptors (Lipinski definition) is 2. The molecule has 0 aromatic carbocycles. The highest BCUT2D eigenvalue weighted by molar-refractivity contribution is 5.78. The van der Waals surface area contributed by atoms with Crippen molar-refractivity contribution in [3.05, 3.63) is 0 Å². The number of nitrogens with zero attached hydrogens (tertiary/aromatic N) is 3. The fourth-order valence-electron chi connectivity index (χ4n) is 3.10. The van der Waals surface area contributed by atoms with Crippen LogP contribution in [0.4, 0.5) is 4.79 Å². The van der Waals surface area contributed by atoms with Crippen LogP contribution in [0.25, 0.3) is 0 Å². The van der Waals surface area contributed by atoms with Crippen molar-refractivity contribution in [2.75, 3.05) is 26.2 Å². The zero-order valence-electron chi connectivity index (χ0n) is 12.4. The zero-order chi connectivity index (χ0) is 13.4. The Morgan fingerprint density at radius 2 is 1.78 bits per heavy atom. The van der Waals surface area contributed by atoms with Gasteiger partial charge in [0.15, 0.2) is 0 Å². The van der Waals surface area contributed by atoms with E-state index in [1.165, 1.54) is 0 Å². The Balaban J connectivity index is 2.04. The fourth-order valence-corrected chi connectivity index (χ4v) is 3.10. The lowest BCUT2D eigenvalue weighted by Crippen LogP contribution is -2.60. The summed E-state index contributed by atoms with van der Waals surface area (Å²) in [4.78, 5) is 19.1. The monoisotopic (exact) mass is 253 g/mol. The molecule has 4 heteroatoms. The van der Waals surface area contributed by atoms with E-state index in [-0.39, 0.29) is 6.03 Å². The highest BCUT2D eigenvalue weighted by Crippen LogP contribution is 2.28. The van der Waals surface area contributed by atoms with Gasteiger partial charge in [-0.2, -0.15) is 0 Å². The Kier molecular flexibility index (Phi) is 3.85. The van der Waals surface area contributed by atoms with Gasteiger partial charge in [0.2, 0.25) is 0 Å². The van der Waals surface area contributed by atoms with Gasteiger partial charge in [-0.3, -0.25) is 4.90 Å². The molecule has 2 aliphatic rings. The predicted octanol–water partition coefficient (Wildman–Crippen LogP) is 1.86. The van der Waals surface area contributed by atoms with Crippen molar-refractivity contribution in [2.45, 2.75) is 52.7 Å². The van der Waals surface area contributed by atoms with Gasteiger partial charge in [-0.1, -0.05) is 20.8 Å². The van der Waals surface area contributed by atoms with E-state index in [0.717, 1.165) is 26.2 Å². The molecule has 1 atom stereocenters. The molecule has 2 aliphatic heterocycles. The highest BCUT2D eigenvalue weighted by Gasteiger charge is 2.45. The first-order valence-corrected chi connectivity index (χ1v) is 7.27. The molecule has 0 radical (unpaired) electrons. The smallest absolute Gasteiger partial charge is 0.317 e. The summed E-state index contributed by atoms with van der Waals surface area (Å²) in [7, 11) is 0. The molecule has 0 aromatic rings. The van der Waals surface area contributed by atoms with Gasteiger partial charge < -0.3 is 9.80 Å². The quantitative estimate of drug-likeness (QED) is 0.764. The Morgan fingerprint density at radius 3 is 2.17 bits per heavy atom. The lowest BCUT2D eigenvalue weighted by atomic mass is 10.0. The van der Waals surface area contributed by atoms with Crippen molar-refractivity contribution in [1.29, 1.82) is 0 Å². The van der Waals surface area contributed by atoms with Gasteiger partial charge in [0.1, 0.15) is 0 Å².